The van der Waals surface area contributed by atoms with Crippen LogP contribution in [0.1, 0.15) is 51.0 Å². The summed E-state index contributed by atoms with van der Waals surface area (Å²) in [5.41, 5.74) is 0.577. The second-order valence-corrected chi connectivity index (χ2v) is 7.73. The van der Waals surface area contributed by atoms with Crippen LogP contribution in [0.2, 0.25) is 0 Å². The molecule has 2 rings (SSSR count). The van der Waals surface area contributed by atoms with Crippen molar-refractivity contribution in [3.8, 4) is 17.2 Å². The molecular weight excluding hydrogens is 375 g/mol. The first-order chi connectivity index (χ1) is 12.4. The smallest absolute Gasteiger partial charge is 0.872 e. The normalized spacial score (nSPS) is 11.0. The van der Waals surface area contributed by atoms with Gasteiger partial charge in [0.1, 0.15) is 16.4 Å². The summed E-state index contributed by atoms with van der Waals surface area (Å²) in [6.07, 6.45) is 7.19. The molecule has 7 heteroatoms. The molecule has 0 saturated carbocycles. The van der Waals surface area contributed by atoms with Crippen LogP contribution in [0.15, 0.2) is 47.4 Å². The molecule has 0 radical (unpaired) electrons. The summed E-state index contributed by atoms with van der Waals surface area (Å²) in [5, 5.41) is 11.4. The summed E-state index contributed by atoms with van der Waals surface area (Å²) in [5.74, 6) is 0.384. The quantitative estimate of drug-likeness (QED) is 0.373. The first kappa shape index (κ1) is 24.0. The third-order valence-electron chi connectivity index (χ3n) is 4.16. The molecule has 0 aliphatic heterocycles. The number of benzene rings is 2. The zero-order chi connectivity index (χ0) is 19.0. The summed E-state index contributed by atoms with van der Waals surface area (Å²) >= 11 is 0. The van der Waals surface area contributed by atoms with Crippen molar-refractivity contribution >= 4 is 10.1 Å². The van der Waals surface area contributed by atoms with Gasteiger partial charge in [-0.1, -0.05) is 57.2 Å². The van der Waals surface area contributed by atoms with Crippen molar-refractivity contribution in [3.63, 3.8) is 0 Å². The van der Waals surface area contributed by atoms with Crippen molar-refractivity contribution in [2.75, 3.05) is 0 Å². The van der Waals surface area contributed by atoms with E-state index in [1.165, 1.54) is 37.5 Å². The summed E-state index contributed by atoms with van der Waals surface area (Å²) in [6, 6.07) is 10.5. The number of hydrogen-bond donors (Lipinski definition) is 1. The zero-order valence-electron chi connectivity index (χ0n) is 16.0. The fraction of sp³-hybridized carbons (Fsp3) is 0.400. The molecule has 0 amide bonds. The third kappa shape index (κ3) is 8.23. The minimum Gasteiger partial charge on any atom is -0.872 e. The maximum absolute atomic E-state index is 11.7. The van der Waals surface area contributed by atoms with Crippen LogP contribution in [0, 0.1) is 0 Å². The van der Waals surface area contributed by atoms with Crippen molar-refractivity contribution in [2.45, 2.75) is 56.8 Å². The Morgan fingerprint density at radius 1 is 0.963 bits per heavy atom. The second kappa shape index (κ2) is 11.7. The van der Waals surface area contributed by atoms with Gasteiger partial charge in [-0.3, -0.25) is 4.55 Å². The minimum atomic E-state index is -4.35. The van der Waals surface area contributed by atoms with E-state index in [1.807, 2.05) is 0 Å². The Hall–Kier alpha value is -1.05. The molecule has 27 heavy (non-hydrogen) atoms. The number of unbranched alkanes of at least 4 members (excludes halogenated alkanes) is 5. The Morgan fingerprint density at radius 3 is 2.30 bits per heavy atom. The van der Waals surface area contributed by atoms with Gasteiger partial charge in [-0.2, -0.15) is 8.42 Å². The fourth-order valence-electron chi connectivity index (χ4n) is 2.81. The van der Waals surface area contributed by atoms with E-state index in [9.17, 15) is 18.1 Å². The first-order valence-electron chi connectivity index (χ1n) is 8.95. The Morgan fingerprint density at radius 2 is 1.63 bits per heavy atom. The fourth-order valence-corrected chi connectivity index (χ4v) is 3.58. The molecule has 0 aliphatic rings. The van der Waals surface area contributed by atoms with Gasteiger partial charge in [-0.15, -0.1) is 5.75 Å². The molecule has 2 aromatic rings. The Labute approximate surface area is 183 Å². The molecule has 0 heterocycles. The average molecular weight is 400 g/mol. The van der Waals surface area contributed by atoms with E-state index >= 15 is 0 Å². The van der Waals surface area contributed by atoms with Crippen LogP contribution in [-0.4, -0.2) is 13.0 Å². The minimum absolute atomic E-state index is 0. The predicted molar refractivity (Wildman–Crippen MR) is 99.3 cm³/mol. The van der Waals surface area contributed by atoms with Crippen LogP contribution < -0.4 is 39.4 Å². The second-order valence-electron chi connectivity index (χ2n) is 6.34. The number of aryl methyl sites for hydroxylation is 1. The molecule has 0 spiro atoms. The average Bonchev–Trinajstić information content (AvgIpc) is 2.58. The number of rotatable bonds is 10. The molecule has 0 aliphatic carbocycles. The van der Waals surface area contributed by atoms with Gasteiger partial charge in [-0.25, -0.2) is 0 Å². The molecule has 0 fully saturated rings. The number of ether oxygens (including phenoxy) is 1. The standard InChI is InChI=1S/C20H26O5S.Na/c1-2-3-4-5-6-7-9-16-12-13-19(15-20(16)26(22,23)24)25-18-11-8-10-17(21)14-18;/h8,10-15,21H,2-7,9H2,1H3,(H,22,23,24);/q;+1/p-1. The van der Waals surface area contributed by atoms with Gasteiger partial charge in [0, 0.05) is 6.07 Å². The summed E-state index contributed by atoms with van der Waals surface area (Å²) in [4.78, 5) is -0.137. The third-order valence-corrected chi connectivity index (χ3v) is 5.09. The summed E-state index contributed by atoms with van der Waals surface area (Å²) in [7, 11) is -4.35. The molecule has 0 aromatic heterocycles. The topological polar surface area (TPSA) is 86.7 Å². The van der Waals surface area contributed by atoms with Gasteiger partial charge in [0.15, 0.2) is 0 Å². The van der Waals surface area contributed by atoms with Crippen molar-refractivity contribution in [3.05, 3.63) is 48.0 Å². The molecule has 0 unspecified atom stereocenters. The van der Waals surface area contributed by atoms with E-state index in [-0.39, 0.29) is 46.0 Å². The zero-order valence-corrected chi connectivity index (χ0v) is 18.8. The molecule has 142 valence electrons. The Balaban J connectivity index is 0.00000364. The van der Waals surface area contributed by atoms with Gasteiger partial charge >= 0.3 is 29.6 Å². The van der Waals surface area contributed by atoms with Crippen LogP contribution in [0.25, 0.3) is 0 Å². The van der Waals surface area contributed by atoms with Crippen molar-refractivity contribution in [1.82, 2.24) is 0 Å². The van der Waals surface area contributed by atoms with Crippen LogP contribution >= 0.6 is 0 Å². The molecule has 2 aromatic carbocycles. The SMILES string of the molecule is CCCCCCCCc1ccc(Oc2cccc([O-])c2)cc1S(=O)(=O)O.[Na+]. The van der Waals surface area contributed by atoms with Gasteiger partial charge < -0.3 is 9.84 Å². The van der Waals surface area contributed by atoms with Crippen LogP contribution in [-0.2, 0) is 16.5 Å². The largest absolute Gasteiger partial charge is 1.00 e. The van der Waals surface area contributed by atoms with E-state index in [0.29, 0.717) is 17.7 Å². The van der Waals surface area contributed by atoms with Crippen molar-refractivity contribution in [2.24, 2.45) is 0 Å². The maximum atomic E-state index is 11.7. The van der Waals surface area contributed by atoms with E-state index in [4.69, 9.17) is 4.74 Å². The molecule has 0 saturated heterocycles. The maximum Gasteiger partial charge on any atom is 1.00 e. The van der Waals surface area contributed by atoms with E-state index < -0.39 is 10.1 Å². The molecule has 5 nitrogen and oxygen atoms in total. The van der Waals surface area contributed by atoms with Gasteiger partial charge in [0.25, 0.3) is 10.1 Å². The van der Waals surface area contributed by atoms with E-state index in [0.717, 1.165) is 19.3 Å². The molecule has 0 atom stereocenters. The van der Waals surface area contributed by atoms with Crippen molar-refractivity contribution < 1.29 is 52.4 Å². The van der Waals surface area contributed by atoms with Gasteiger partial charge in [-0.05, 0) is 36.6 Å². The summed E-state index contributed by atoms with van der Waals surface area (Å²) < 4.78 is 38.6. The van der Waals surface area contributed by atoms with Crippen LogP contribution in [0.4, 0.5) is 0 Å². The van der Waals surface area contributed by atoms with E-state index in [1.54, 1.807) is 24.3 Å². The van der Waals surface area contributed by atoms with Gasteiger partial charge in [0.05, 0.1) is 0 Å². The number of hydrogen-bond acceptors (Lipinski definition) is 4. The first-order valence-corrected chi connectivity index (χ1v) is 10.4. The monoisotopic (exact) mass is 400 g/mol. The van der Waals surface area contributed by atoms with Crippen LogP contribution in [0.5, 0.6) is 17.2 Å². The molecule has 1 N–H and O–H groups in total. The van der Waals surface area contributed by atoms with E-state index in [2.05, 4.69) is 6.92 Å². The Kier molecular flexibility index (Phi) is 10.4. The predicted octanol–water partition coefficient (Wildman–Crippen LogP) is 1.71. The Bertz CT molecular complexity index is 821. The summed E-state index contributed by atoms with van der Waals surface area (Å²) in [6.45, 7) is 2.16. The molecular formula is C20H25NaO5S. The van der Waals surface area contributed by atoms with Crippen LogP contribution in [0.3, 0.4) is 0 Å². The van der Waals surface area contributed by atoms with Gasteiger partial charge in [0.2, 0.25) is 0 Å². The molecule has 0 bridgehead atoms. The van der Waals surface area contributed by atoms with Crippen molar-refractivity contribution in [1.29, 1.82) is 0 Å².